The third-order valence-corrected chi connectivity index (χ3v) is 2.49. The van der Waals surface area contributed by atoms with Gasteiger partial charge in [-0.2, -0.15) is 0 Å². The van der Waals surface area contributed by atoms with E-state index in [1.165, 1.54) is 12.3 Å². The quantitative estimate of drug-likeness (QED) is 0.636. The Hall–Kier alpha value is -1.20. The SMILES string of the molecule is CC(N)C(C)c1ncc(Cl)cc1[N+](=O)[O-]. The summed E-state index contributed by atoms with van der Waals surface area (Å²) in [5.41, 5.74) is 5.98. The Kier molecular flexibility index (Phi) is 3.60. The van der Waals surface area contributed by atoms with Gasteiger partial charge in [-0.05, 0) is 6.92 Å². The molecule has 1 aromatic heterocycles. The molecule has 5 nitrogen and oxygen atoms in total. The maximum absolute atomic E-state index is 10.8. The van der Waals surface area contributed by atoms with Crippen LogP contribution in [-0.2, 0) is 0 Å². The van der Waals surface area contributed by atoms with Gasteiger partial charge in [0.25, 0.3) is 5.69 Å². The van der Waals surface area contributed by atoms with Crippen LogP contribution in [0.1, 0.15) is 25.5 Å². The number of rotatable bonds is 3. The van der Waals surface area contributed by atoms with E-state index in [-0.39, 0.29) is 22.7 Å². The number of nitrogens with two attached hydrogens (primary N) is 1. The average Bonchev–Trinajstić information content (AvgIpc) is 2.16. The Morgan fingerprint density at radius 1 is 1.60 bits per heavy atom. The zero-order valence-electron chi connectivity index (χ0n) is 8.48. The Balaban J connectivity index is 3.22. The van der Waals surface area contributed by atoms with E-state index in [0.717, 1.165) is 0 Å². The van der Waals surface area contributed by atoms with Gasteiger partial charge in [-0.25, -0.2) is 0 Å². The van der Waals surface area contributed by atoms with Crippen molar-refractivity contribution in [2.24, 2.45) is 5.73 Å². The zero-order valence-corrected chi connectivity index (χ0v) is 9.23. The molecule has 2 unspecified atom stereocenters. The lowest BCUT2D eigenvalue weighted by Crippen LogP contribution is -2.23. The van der Waals surface area contributed by atoms with Crippen molar-refractivity contribution in [1.82, 2.24) is 4.98 Å². The number of hydrogen-bond acceptors (Lipinski definition) is 4. The highest BCUT2D eigenvalue weighted by atomic mass is 35.5. The second-order valence-corrected chi connectivity index (χ2v) is 3.90. The van der Waals surface area contributed by atoms with Crippen molar-refractivity contribution in [3.63, 3.8) is 0 Å². The molecule has 0 spiro atoms. The molecule has 6 heteroatoms. The first kappa shape index (κ1) is 11.9. The van der Waals surface area contributed by atoms with Crippen LogP contribution >= 0.6 is 11.6 Å². The topological polar surface area (TPSA) is 82.0 Å². The first-order valence-electron chi connectivity index (χ1n) is 4.49. The molecule has 0 saturated heterocycles. The average molecular weight is 230 g/mol. The van der Waals surface area contributed by atoms with E-state index < -0.39 is 4.92 Å². The van der Waals surface area contributed by atoms with Crippen molar-refractivity contribution >= 4 is 17.3 Å². The van der Waals surface area contributed by atoms with Crippen molar-refractivity contribution in [3.8, 4) is 0 Å². The fourth-order valence-electron chi connectivity index (χ4n) is 1.19. The molecule has 2 atom stereocenters. The van der Waals surface area contributed by atoms with Crippen molar-refractivity contribution in [2.75, 3.05) is 0 Å². The second-order valence-electron chi connectivity index (χ2n) is 3.46. The number of pyridine rings is 1. The van der Waals surface area contributed by atoms with Crippen LogP contribution in [0.3, 0.4) is 0 Å². The lowest BCUT2D eigenvalue weighted by Gasteiger charge is -2.14. The smallest absolute Gasteiger partial charge is 0.292 e. The fourth-order valence-corrected chi connectivity index (χ4v) is 1.34. The summed E-state index contributed by atoms with van der Waals surface area (Å²) in [6.45, 7) is 3.58. The van der Waals surface area contributed by atoms with Gasteiger partial charge in [0.2, 0.25) is 0 Å². The van der Waals surface area contributed by atoms with E-state index in [1.807, 2.05) is 0 Å². The van der Waals surface area contributed by atoms with Gasteiger partial charge in [0.15, 0.2) is 0 Å². The minimum atomic E-state index is -0.493. The van der Waals surface area contributed by atoms with Crippen molar-refractivity contribution in [1.29, 1.82) is 0 Å². The highest BCUT2D eigenvalue weighted by Gasteiger charge is 2.23. The molecule has 1 heterocycles. The number of halogens is 1. The van der Waals surface area contributed by atoms with E-state index in [2.05, 4.69) is 4.98 Å². The summed E-state index contributed by atoms with van der Waals surface area (Å²) in [4.78, 5) is 14.2. The van der Waals surface area contributed by atoms with Crippen LogP contribution in [0.4, 0.5) is 5.69 Å². The first-order chi connectivity index (χ1) is 6.93. The molecule has 1 rings (SSSR count). The molecule has 15 heavy (non-hydrogen) atoms. The largest absolute Gasteiger partial charge is 0.327 e. The van der Waals surface area contributed by atoms with Crippen LogP contribution in [0.15, 0.2) is 12.3 Å². The van der Waals surface area contributed by atoms with E-state index in [4.69, 9.17) is 17.3 Å². The molecule has 0 saturated carbocycles. The van der Waals surface area contributed by atoms with Crippen molar-refractivity contribution < 1.29 is 4.92 Å². The number of nitrogens with zero attached hydrogens (tertiary/aromatic N) is 2. The molecular weight excluding hydrogens is 218 g/mol. The maximum Gasteiger partial charge on any atom is 0.292 e. The molecule has 0 radical (unpaired) electrons. The van der Waals surface area contributed by atoms with Crippen LogP contribution in [0, 0.1) is 10.1 Å². The second kappa shape index (κ2) is 4.55. The normalized spacial score (nSPS) is 14.7. The summed E-state index contributed by atoms with van der Waals surface area (Å²) in [6, 6.07) is 1.10. The molecule has 0 aliphatic carbocycles. The zero-order chi connectivity index (χ0) is 11.6. The Morgan fingerprint density at radius 2 is 2.20 bits per heavy atom. The number of nitro groups is 1. The molecule has 0 aromatic carbocycles. The Bertz CT molecular complexity index is 382. The van der Waals surface area contributed by atoms with Crippen LogP contribution in [-0.4, -0.2) is 15.9 Å². The number of hydrogen-bond donors (Lipinski definition) is 1. The molecule has 1 aromatic rings. The van der Waals surface area contributed by atoms with Gasteiger partial charge in [-0.3, -0.25) is 15.1 Å². The number of aromatic nitrogens is 1. The molecule has 0 aliphatic rings. The monoisotopic (exact) mass is 229 g/mol. The van der Waals surface area contributed by atoms with Gasteiger partial charge < -0.3 is 5.73 Å². The molecule has 0 bridgehead atoms. The van der Waals surface area contributed by atoms with Crippen LogP contribution in [0.25, 0.3) is 0 Å². The highest BCUT2D eigenvalue weighted by molar-refractivity contribution is 6.30. The predicted octanol–water partition coefficient (Wildman–Crippen LogP) is 2.09. The van der Waals surface area contributed by atoms with E-state index in [1.54, 1.807) is 13.8 Å². The van der Waals surface area contributed by atoms with Gasteiger partial charge in [0.1, 0.15) is 5.69 Å². The van der Waals surface area contributed by atoms with Gasteiger partial charge >= 0.3 is 0 Å². The summed E-state index contributed by atoms with van der Waals surface area (Å²) >= 11 is 5.65. The van der Waals surface area contributed by atoms with E-state index in [9.17, 15) is 10.1 Å². The lowest BCUT2D eigenvalue weighted by molar-refractivity contribution is -0.386. The molecule has 0 aliphatic heterocycles. The van der Waals surface area contributed by atoms with E-state index in [0.29, 0.717) is 5.69 Å². The lowest BCUT2D eigenvalue weighted by atomic mass is 9.99. The summed E-state index contributed by atoms with van der Waals surface area (Å²) in [5.74, 6) is -0.178. The Morgan fingerprint density at radius 3 is 2.67 bits per heavy atom. The van der Waals surface area contributed by atoms with Crippen molar-refractivity contribution in [2.45, 2.75) is 25.8 Å². The molecule has 0 fully saturated rings. The van der Waals surface area contributed by atoms with Crippen LogP contribution in [0.5, 0.6) is 0 Å². The fraction of sp³-hybridized carbons (Fsp3) is 0.444. The highest BCUT2D eigenvalue weighted by Crippen LogP contribution is 2.28. The van der Waals surface area contributed by atoms with Crippen LogP contribution in [0.2, 0.25) is 5.02 Å². The standard InChI is InChI=1S/C9H12ClN3O2/c1-5(6(2)11)9-8(13(14)15)3-7(10)4-12-9/h3-6H,11H2,1-2H3. The summed E-state index contributed by atoms with van der Waals surface area (Å²) in [6.07, 6.45) is 1.39. The predicted molar refractivity (Wildman–Crippen MR) is 58.0 cm³/mol. The van der Waals surface area contributed by atoms with Crippen LogP contribution < -0.4 is 5.73 Å². The summed E-state index contributed by atoms with van der Waals surface area (Å²) < 4.78 is 0. The minimum absolute atomic E-state index is 0.0766. The first-order valence-corrected chi connectivity index (χ1v) is 4.86. The molecule has 0 amide bonds. The third-order valence-electron chi connectivity index (χ3n) is 2.28. The maximum atomic E-state index is 10.8. The molecule has 82 valence electrons. The summed E-state index contributed by atoms with van der Waals surface area (Å²) in [7, 11) is 0. The van der Waals surface area contributed by atoms with Gasteiger partial charge in [-0.15, -0.1) is 0 Å². The molecule has 2 N–H and O–H groups in total. The third kappa shape index (κ3) is 2.64. The van der Waals surface area contributed by atoms with Gasteiger partial charge in [0.05, 0.1) is 9.95 Å². The Labute approximate surface area is 92.4 Å². The van der Waals surface area contributed by atoms with Gasteiger partial charge in [0, 0.05) is 24.2 Å². The minimum Gasteiger partial charge on any atom is -0.327 e. The van der Waals surface area contributed by atoms with Gasteiger partial charge in [-0.1, -0.05) is 18.5 Å². The van der Waals surface area contributed by atoms with E-state index >= 15 is 0 Å². The summed E-state index contributed by atoms with van der Waals surface area (Å²) in [5, 5.41) is 11.0. The molecular formula is C9H12ClN3O2. The van der Waals surface area contributed by atoms with Crippen molar-refractivity contribution in [3.05, 3.63) is 33.1 Å².